The van der Waals surface area contributed by atoms with Crippen molar-refractivity contribution >= 4 is 28.8 Å². The third kappa shape index (κ3) is 3.93. The first kappa shape index (κ1) is 22.3. The summed E-state index contributed by atoms with van der Waals surface area (Å²) in [6.07, 6.45) is 3.79. The van der Waals surface area contributed by atoms with Crippen LogP contribution in [-0.2, 0) is 10.3 Å². The van der Waals surface area contributed by atoms with Gasteiger partial charge in [0, 0.05) is 28.2 Å². The molecule has 8 nitrogen and oxygen atoms in total. The van der Waals surface area contributed by atoms with E-state index < -0.39 is 5.60 Å². The summed E-state index contributed by atoms with van der Waals surface area (Å²) >= 11 is 1.60. The summed E-state index contributed by atoms with van der Waals surface area (Å²) in [5.74, 6) is 1.80. The zero-order chi connectivity index (χ0) is 24.2. The molecule has 4 aromatic rings. The predicted molar refractivity (Wildman–Crippen MR) is 136 cm³/mol. The number of benzene rings is 1. The van der Waals surface area contributed by atoms with Crippen molar-refractivity contribution in [3.05, 3.63) is 60.6 Å². The van der Waals surface area contributed by atoms with Crippen molar-refractivity contribution < 1.29 is 14.6 Å². The largest absolute Gasteiger partial charge is 0.485 e. The highest BCUT2D eigenvalue weighted by Gasteiger charge is 2.40. The molecule has 1 N–H and O–H groups in total. The minimum absolute atomic E-state index is 0.0736. The molecule has 35 heavy (non-hydrogen) atoms. The lowest BCUT2D eigenvalue weighted by atomic mass is 10.0. The lowest BCUT2D eigenvalue weighted by Crippen LogP contribution is -2.56. The zero-order valence-electron chi connectivity index (χ0n) is 19.9. The number of aromatic nitrogens is 4. The van der Waals surface area contributed by atoms with Crippen LogP contribution in [0.3, 0.4) is 0 Å². The quantitative estimate of drug-likeness (QED) is 0.455. The van der Waals surface area contributed by atoms with Gasteiger partial charge in [-0.2, -0.15) is 0 Å². The van der Waals surface area contributed by atoms with Gasteiger partial charge in [-0.3, -0.25) is 3.97 Å². The van der Waals surface area contributed by atoms with Crippen LogP contribution >= 0.6 is 11.9 Å². The van der Waals surface area contributed by atoms with Gasteiger partial charge >= 0.3 is 0 Å². The Morgan fingerprint density at radius 3 is 2.69 bits per heavy atom. The van der Waals surface area contributed by atoms with E-state index in [0.29, 0.717) is 42.9 Å². The molecule has 0 aliphatic carbocycles. The molecule has 6 rings (SSSR count). The van der Waals surface area contributed by atoms with E-state index in [9.17, 15) is 5.11 Å². The fourth-order valence-electron chi connectivity index (χ4n) is 4.74. The molecule has 2 aliphatic heterocycles. The minimum atomic E-state index is -1.20. The van der Waals surface area contributed by atoms with Gasteiger partial charge in [0.2, 0.25) is 0 Å². The van der Waals surface area contributed by atoms with Gasteiger partial charge in [-0.1, -0.05) is 18.2 Å². The van der Waals surface area contributed by atoms with E-state index in [4.69, 9.17) is 19.4 Å². The molecule has 3 aromatic heterocycles. The minimum Gasteiger partial charge on any atom is -0.485 e. The van der Waals surface area contributed by atoms with Crippen molar-refractivity contribution in [2.75, 3.05) is 24.7 Å². The van der Waals surface area contributed by atoms with Crippen LogP contribution in [0.15, 0.2) is 59.8 Å². The van der Waals surface area contributed by atoms with E-state index in [1.165, 1.54) is 0 Å². The fraction of sp³-hybridized carbons (Fsp3) is 0.346. The Morgan fingerprint density at radius 1 is 1.06 bits per heavy atom. The number of rotatable bonds is 4. The van der Waals surface area contributed by atoms with E-state index in [-0.39, 0.29) is 12.1 Å². The second-order valence-electron chi connectivity index (χ2n) is 9.51. The normalized spacial score (nSPS) is 19.8. The monoisotopic (exact) mass is 489 g/mol. The van der Waals surface area contributed by atoms with E-state index >= 15 is 0 Å². The number of ether oxygens (including phenoxy) is 2. The molecule has 1 fully saturated rings. The van der Waals surface area contributed by atoms with Crippen LogP contribution in [0.4, 0.5) is 5.82 Å². The molecule has 5 heterocycles. The molecule has 2 aliphatic rings. The first-order valence-electron chi connectivity index (χ1n) is 11.7. The Kier molecular flexibility index (Phi) is 5.43. The number of pyridine rings is 1. The van der Waals surface area contributed by atoms with Gasteiger partial charge in [0.25, 0.3) is 0 Å². The summed E-state index contributed by atoms with van der Waals surface area (Å²) in [4.78, 5) is 17.9. The topological polar surface area (TPSA) is 85.5 Å². The lowest BCUT2D eigenvalue weighted by Gasteiger charge is -2.45. The van der Waals surface area contributed by atoms with Gasteiger partial charge in [0.05, 0.1) is 25.3 Å². The smallest absolute Gasteiger partial charge is 0.186 e. The molecule has 0 spiro atoms. The molecular weight excluding hydrogens is 462 g/mol. The molecule has 180 valence electrons. The zero-order valence-corrected chi connectivity index (χ0v) is 20.7. The van der Waals surface area contributed by atoms with Gasteiger partial charge in [0.15, 0.2) is 23.0 Å². The van der Waals surface area contributed by atoms with E-state index in [0.717, 1.165) is 21.5 Å². The van der Waals surface area contributed by atoms with E-state index in [2.05, 4.69) is 28.9 Å². The molecule has 0 amide bonds. The number of hydrogen-bond acceptors (Lipinski definition) is 8. The third-order valence-corrected chi connectivity index (χ3v) is 7.35. The van der Waals surface area contributed by atoms with E-state index in [1.807, 2.05) is 40.5 Å². The molecule has 0 radical (unpaired) electrons. The van der Waals surface area contributed by atoms with Crippen LogP contribution in [-0.4, -0.2) is 55.9 Å². The van der Waals surface area contributed by atoms with Crippen LogP contribution in [0.1, 0.15) is 26.5 Å². The Bertz CT molecular complexity index is 1390. The maximum Gasteiger partial charge on any atom is 0.186 e. The average Bonchev–Trinajstić information content (AvgIpc) is 3.26. The highest BCUT2D eigenvalue weighted by atomic mass is 32.2. The number of nitrogens with zero attached hydrogens (tertiary/aromatic N) is 5. The number of fused-ring (bicyclic) bond motifs is 4. The standard InChI is InChI=1S/C26H27N5O3S/c1-16-13-33-14-17-15-34-21-22(26(2,3)32)28-23(29-25(21)31(16)17)19-9-11-27-24-20(19)10-12-30(24)35-18-7-5-4-6-8-18/h4-12,16-17,32H,13-15H2,1-3H3/t16-,17+/m1/s1. The van der Waals surface area contributed by atoms with Crippen molar-refractivity contribution in [2.24, 2.45) is 0 Å². The molecule has 1 saturated heterocycles. The summed E-state index contributed by atoms with van der Waals surface area (Å²) in [5, 5.41) is 12.0. The summed E-state index contributed by atoms with van der Waals surface area (Å²) in [6.45, 7) is 7.26. The highest BCUT2D eigenvalue weighted by Crippen LogP contribution is 2.43. The summed E-state index contributed by atoms with van der Waals surface area (Å²) < 4.78 is 13.9. The Labute approximate surface area is 208 Å². The van der Waals surface area contributed by atoms with Crippen LogP contribution < -0.4 is 9.64 Å². The van der Waals surface area contributed by atoms with Crippen molar-refractivity contribution in [1.29, 1.82) is 0 Å². The van der Waals surface area contributed by atoms with Gasteiger partial charge < -0.3 is 19.5 Å². The molecule has 0 saturated carbocycles. The van der Waals surface area contributed by atoms with Crippen molar-refractivity contribution in [1.82, 2.24) is 18.9 Å². The molecule has 0 unspecified atom stereocenters. The van der Waals surface area contributed by atoms with Gasteiger partial charge in [-0.25, -0.2) is 15.0 Å². The maximum absolute atomic E-state index is 11.0. The summed E-state index contributed by atoms with van der Waals surface area (Å²) in [7, 11) is 0. The first-order valence-corrected chi connectivity index (χ1v) is 12.5. The first-order chi connectivity index (χ1) is 16.9. The number of hydrogen-bond donors (Lipinski definition) is 1. The highest BCUT2D eigenvalue weighted by molar-refractivity contribution is 7.98. The SMILES string of the molecule is C[C@@H]1COC[C@H]2COc3c(nc(-c4ccnc5c4ccn5Sc4ccccc4)nc3C(C)(C)O)N21. The molecule has 1 aromatic carbocycles. The van der Waals surface area contributed by atoms with Crippen LogP contribution in [0.2, 0.25) is 0 Å². The Balaban J connectivity index is 1.50. The predicted octanol–water partition coefficient (Wildman–Crippen LogP) is 4.26. The van der Waals surface area contributed by atoms with Crippen LogP contribution in [0.5, 0.6) is 5.75 Å². The maximum atomic E-state index is 11.0. The molecule has 0 bridgehead atoms. The van der Waals surface area contributed by atoms with Crippen LogP contribution in [0, 0.1) is 0 Å². The van der Waals surface area contributed by atoms with E-state index in [1.54, 1.807) is 32.0 Å². The Hall–Kier alpha value is -3.14. The number of morpholine rings is 1. The average molecular weight is 490 g/mol. The molecule has 2 atom stereocenters. The second kappa shape index (κ2) is 8.51. The number of aliphatic hydroxyl groups is 1. The number of anilines is 1. The summed E-state index contributed by atoms with van der Waals surface area (Å²) in [5.41, 5.74) is 0.971. The fourth-order valence-corrected chi connectivity index (χ4v) is 5.60. The summed E-state index contributed by atoms with van der Waals surface area (Å²) in [6, 6.07) is 14.4. The third-order valence-electron chi connectivity index (χ3n) is 6.37. The van der Waals surface area contributed by atoms with Crippen molar-refractivity contribution in [2.45, 2.75) is 43.4 Å². The van der Waals surface area contributed by atoms with Gasteiger partial charge in [0.1, 0.15) is 17.9 Å². The van der Waals surface area contributed by atoms with Gasteiger partial charge in [-0.15, -0.1) is 0 Å². The van der Waals surface area contributed by atoms with Crippen molar-refractivity contribution in [3.63, 3.8) is 0 Å². The lowest BCUT2D eigenvalue weighted by molar-refractivity contribution is 0.0425. The van der Waals surface area contributed by atoms with Gasteiger partial charge in [-0.05, 0) is 57.0 Å². The second-order valence-corrected chi connectivity index (χ2v) is 10.6. The Morgan fingerprint density at radius 2 is 1.89 bits per heavy atom. The van der Waals surface area contributed by atoms with Crippen molar-refractivity contribution in [3.8, 4) is 17.1 Å². The van der Waals surface area contributed by atoms with Crippen LogP contribution in [0.25, 0.3) is 22.4 Å². The molecular formula is C26H27N5O3S. The molecule has 9 heteroatoms.